The number of benzene rings is 1. The number of hydrogen-bond donors (Lipinski definition) is 3. The van der Waals surface area contributed by atoms with E-state index in [1.54, 1.807) is 4.90 Å². The van der Waals surface area contributed by atoms with Crippen LogP contribution in [0.4, 0.5) is 0 Å². The van der Waals surface area contributed by atoms with Gasteiger partial charge in [0.2, 0.25) is 11.8 Å². The Morgan fingerprint density at radius 3 is 2.83 bits per heavy atom. The number of carbonyl (C=O) groups is 3. The smallest absolute Gasteiger partial charge is 0.255 e. The highest BCUT2D eigenvalue weighted by Gasteiger charge is 2.40. The van der Waals surface area contributed by atoms with Crippen molar-refractivity contribution in [2.75, 3.05) is 19.7 Å². The second-order valence-corrected chi connectivity index (χ2v) is 8.45. The SMILES string of the molecule is O=C1CCC(N2Cc3cccc(CNC4COC(C5CNC5)C4)c3C2=O)C(=O)N1. The zero-order valence-corrected chi connectivity index (χ0v) is 16.3. The van der Waals surface area contributed by atoms with E-state index in [0.29, 0.717) is 49.7 Å². The lowest BCUT2D eigenvalue weighted by molar-refractivity contribution is -0.136. The van der Waals surface area contributed by atoms with Gasteiger partial charge in [-0.05, 0) is 24.0 Å². The average Bonchev–Trinajstić information content (AvgIpc) is 3.24. The van der Waals surface area contributed by atoms with Gasteiger partial charge in [-0.2, -0.15) is 0 Å². The van der Waals surface area contributed by atoms with Crippen molar-refractivity contribution in [3.63, 3.8) is 0 Å². The third-order valence-electron chi connectivity index (χ3n) is 6.59. The van der Waals surface area contributed by atoms with Gasteiger partial charge in [-0.1, -0.05) is 18.2 Å². The predicted octanol–water partition coefficient (Wildman–Crippen LogP) is -0.0859. The molecule has 0 spiro atoms. The van der Waals surface area contributed by atoms with E-state index in [-0.39, 0.29) is 24.1 Å². The summed E-state index contributed by atoms with van der Waals surface area (Å²) in [7, 11) is 0. The van der Waals surface area contributed by atoms with Gasteiger partial charge >= 0.3 is 0 Å². The van der Waals surface area contributed by atoms with Crippen molar-refractivity contribution in [1.82, 2.24) is 20.9 Å². The van der Waals surface area contributed by atoms with Gasteiger partial charge in [0.25, 0.3) is 5.91 Å². The Morgan fingerprint density at radius 2 is 2.07 bits per heavy atom. The van der Waals surface area contributed by atoms with Crippen molar-refractivity contribution in [1.29, 1.82) is 0 Å². The van der Waals surface area contributed by atoms with Crippen molar-refractivity contribution in [3.05, 3.63) is 34.9 Å². The largest absolute Gasteiger partial charge is 0.376 e. The summed E-state index contributed by atoms with van der Waals surface area (Å²) in [6.45, 7) is 3.79. The first-order valence-electron chi connectivity index (χ1n) is 10.4. The van der Waals surface area contributed by atoms with Gasteiger partial charge in [-0.3, -0.25) is 19.7 Å². The molecule has 0 aliphatic carbocycles. The molecular weight excluding hydrogens is 372 g/mol. The molecule has 0 bridgehead atoms. The molecular formula is C21H26N4O4. The van der Waals surface area contributed by atoms with Crippen molar-refractivity contribution >= 4 is 17.7 Å². The molecule has 5 rings (SSSR count). The van der Waals surface area contributed by atoms with E-state index in [9.17, 15) is 14.4 Å². The van der Waals surface area contributed by atoms with Crippen molar-refractivity contribution in [2.24, 2.45) is 5.92 Å². The minimum absolute atomic E-state index is 0.118. The summed E-state index contributed by atoms with van der Waals surface area (Å²) in [5.74, 6) is -0.142. The van der Waals surface area contributed by atoms with Crippen molar-refractivity contribution in [3.8, 4) is 0 Å². The molecule has 0 radical (unpaired) electrons. The molecule has 3 atom stereocenters. The lowest BCUT2D eigenvalue weighted by atomic mass is 9.93. The third-order valence-corrected chi connectivity index (χ3v) is 6.59. The normalized spacial score (nSPS) is 29.7. The van der Waals surface area contributed by atoms with Crippen LogP contribution in [-0.2, 0) is 27.4 Å². The number of ether oxygens (including phenoxy) is 1. The molecule has 3 unspecified atom stereocenters. The number of fused-ring (bicyclic) bond motifs is 1. The summed E-state index contributed by atoms with van der Waals surface area (Å²) in [4.78, 5) is 38.4. The van der Waals surface area contributed by atoms with E-state index in [1.165, 1.54) is 0 Å². The lowest BCUT2D eigenvalue weighted by Crippen LogP contribution is -2.52. The number of hydrogen-bond acceptors (Lipinski definition) is 6. The first-order valence-corrected chi connectivity index (χ1v) is 10.4. The van der Waals surface area contributed by atoms with Gasteiger partial charge in [-0.25, -0.2) is 0 Å². The van der Waals surface area contributed by atoms with Gasteiger partial charge in [0.1, 0.15) is 6.04 Å². The molecule has 1 aromatic rings. The van der Waals surface area contributed by atoms with Gasteiger partial charge in [0.15, 0.2) is 0 Å². The summed E-state index contributed by atoms with van der Waals surface area (Å²) in [6, 6.07) is 5.60. The fourth-order valence-electron chi connectivity index (χ4n) is 4.79. The number of imide groups is 1. The first kappa shape index (κ1) is 18.7. The number of rotatable bonds is 5. The number of amides is 3. The second-order valence-electron chi connectivity index (χ2n) is 8.45. The highest BCUT2D eigenvalue weighted by molar-refractivity contribution is 6.05. The van der Waals surface area contributed by atoms with E-state index in [2.05, 4.69) is 16.0 Å². The third kappa shape index (κ3) is 3.45. The van der Waals surface area contributed by atoms with E-state index < -0.39 is 6.04 Å². The zero-order valence-electron chi connectivity index (χ0n) is 16.3. The van der Waals surface area contributed by atoms with Crippen LogP contribution in [0.1, 0.15) is 40.7 Å². The van der Waals surface area contributed by atoms with Crippen LogP contribution < -0.4 is 16.0 Å². The molecule has 3 fully saturated rings. The summed E-state index contributed by atoms with van der Waals surface area (Å²) >= 11 is 0. The fourth-order valence-corrected chi connectivity index (χ4v) is 4.79. The average molecular weight is 398 g/mol. The van der Waals surface area contributed by atoms with E-state index in [0.717, 1.165) is 30.6 Å². The molecule has 4 aliphatic rings. The molecule has 4 heterocycles. The molecule has 3 amide bonds. The Labute approximate surface area is 169 Å². The summed E-state index contributed by atoms with van der Waals surface area (Å²) in [6.07, 6.45) is 1.97. The van der Waals surface area contributed by atoms with E-state index in [4.69, 9.17) is 4.74 Å². The molecule has 154 valence electrons. The number of carbonyl (C=O) groups excluding carboxylic acids is 3. The van der Waals surface area contributed by atoms with Crippen LogP contribution in [0.5, 0.6) is 0 Å². The molecule has 4 aliphatic heterocycles. The monoisotopic (exact) mass is 398 g/mol. The van der Waals surface area contributed by atoms with Crippen LogP contribution in [-0.4, -0.2) is 60.5 Å². The van der Waals surface area contributed by atoms with Crippen LogP contribution in [0, 0.1) is 5.92 Å². The molecule has 3 N–H and O–H groups in total. The Hall–Kier alpha value is -2.29. The minimum atomic E-state index is -0.575. The van der Waals surface area contributed by atoms with Gasteiger partial charge in [0, 0.05) is 50.1 Å². The Bertz CT molecular complexity index is 853. The molecule has 8 nitrogen and oxygen atoms in total. The summed E-state index contributed by atoms with van der Waals surface area (Å²) < 4.78 is 5.94. The maximum Gasteiger partial charge on any atom is 0.255 e. The molecule has 3 saturated heterocycles. The first-order chi connectivity index (χ1) is 14.1. The quantitative estimate of drug-likeness (QED) is 0.600. The van der Waals surface area contributed by atoms with Crippen molar-refractivity contribution < 1.29 is 19.1 Å². The number of nitrogens with zero attached hydrogens (tertiary/aromatic N) is 1. The molecule has 0 saturated carbocycles. The van der Waals surface area contributed by atoms with Crippen LogP contribution in [0.2, 0.25) is 0 Å². The molecule has 0 aromatic heterocycles. The van der Waals surface area contributed by atoms with Crippen LogP contribution in [0.3, 0.4) is 0 Å². The topological polar surface area (TPSA) is 99.8 Å². The molecule has 8 heteroatoms. The van der Waals surface area contributed by atoms with E-state index in [1.807, 2.05) is 18.2 Å². The zero-order chi connectivity index (χ0) is 20.0. The standard InChI is InChI=1S/C21H26N4O4/c26-18-5-4-16(20(27)24-18)25-10-13-3-1-2-12(19(13)21(25)28)9-23-15-6-17(29-11-15)14-7-22-8-14/h1-3,14-17,22-23H,4-11H2,(H,24,26,27). The van der Waals surface area contributed by atoms with Gasteiger partial charge in [0.05, 0.1) is 12.7 Å². The Kier molecular flexibility index (Phi) is 4.85. The second kappa shape index (κ2) is 7.51. The lowest BCUT2D eigenvalue weighted by Gasteiger charge is -2.31. The number of piperidine rings is 1. The van der Waals surface area contributed by atoms with E-state index >= 15 is 0 Å². The maximum absolute atomic E-state index is 13.1. The molecule has 29 heavy (non-hydrogen) atoms. The van der Waals surface area contributed by atoms with Gasteiger partial charge < -0.3 is 20.3 Å². The van der Waals surface area contributed by atoms with Gasteiger partial charge in [-0.15, -0.1) is 0 Å². The summed E-state index contributed by atoms with van der Waals surface area (Å²) in [5.41, 5.74) is 2.60. The predicted molar refractivity (Wildman–Crippen MR) is 104 cm³/mol. The van der Waals surface area contributed by atoms with Crippen LogP contribution >= 0.6 is 0 Å². The highest BCUT2D eigenvalue weighted by Crippen LogP contribution is 2.30. The van der Waals surface area contributed by atoms with Crippen LogP contribution in [0.15, 0.2) is 18.2 Å². The Balaban J connectivity index is 1.25. The fraction of sp³-hybridized carbons (Fsp3) is 0.571. The molecule has 1 aromatic carbocycles. The highest BCUT2D eigenvalue weighted by atomic mass is 16.5. The summed E-state index contributed by atoms with van der Waals surface area (Å²) in [5, 5.41) is 9.19. The van der Waals surface area contributed by atoms with Crippen LogP contribution in [0.25, 0.3) is 0 Å². The van der Waals surface area contributed by atoms with Crippen molar-refractivity contribution in [2.45, 2.75) is 50.5 Å². The Morgan fingerprint density at radius 1 is 1.21 bits per heavy atom. The number of nitrogens with one attached hydrogen (secondary N) is 3. The minimum Gasteiger partial charge on any atom is -0.376 e. The maximum atomic E-state index is 13.1.